The minimum absolute atomic E-state index is 0.823. The van der Waals surface area contributed by atoms with Gasteiger partial charge in [-0.15, -0.1) is 18.3 Å². The lowest BCUT2D eigenvalue weighted by atomic mass is 10.00. The van der Waals surface area contributed by atoms with Crippen LogP contribution in [0.15, 0.2) is 61.2 Å². The minimum atomic E-state index is 0.823. The van der Waals surface area contributed by atoms with E-state index in [1.165, 1.54) is 54.7 Å². The maximum absolute atomic E-state index is 5.46. The van der Waals surface area contributed by atoms with Crippen LogP contribution in [0.5, 0.6) is 0 Å². The Morgan fingerprint density at radius 2 is 0.971 bits per heavy atom. The lowest BCUT2D eigenvalue weighted by Gasteiger charge is -2.08. The average Bonchev–Trinajstić information content (AvgIpc) is 3.42. The van der Waals surface area contributed by atoms with E-state index in [0.29, 0.717) is 0 Å². The number of hydrogen-bond donors (Lipinski definition) is 0. The Labute approximate surface area is 193 Å². The molecular formula is C28H20N6+4. The van der Waals surface area contributed by atoms with Gasteiger partial charge in [-0.3, -0.25) is 0 Å². The second kappa shape index (κ2) is 5.42. The van der Waals surface area contributed by atoms with Crippen molar-refractivity contribution in [1.29, 1.82) is 0 Å². The maximum Gasteiger partial charge on any atom is 0.345 e. The molecule has 7 aromatic rings. The van der Waals surface area contributed by atoms with E-state index in [2.05, 4.69) is 93.3 Å². The van der Waals surface area contributed by atoms with Crippen molar-refractivity contribution >= 4 is 65.7 Å². The Morgan fingerprint density at radius 3 is 1.44 bits per heavy atom. The Balaban J connectivity index is 1.67. The summed E-state index contributed by atoms with van der Waals surface area (Å²) in [5.41, 5.74) is 11.5. The first-order chi connectivity index (χ1) is 16.7. The van der Waals surface area contributed by atoms with E-state index >= 15 is 0 Å². The summed E-state index contributed by atoms with van der Waals surface area (Å²) >= 11 is 0. The zero-order chi connectivity index (χ0) is 22.3. The summed E-state index contributed by atoms with van der Waals surface area (Å²) in [6.45, 7) is 6.03. The molecule has 7 heterocycles. The minimum Gasteiger partial charge on any atom is -0.243 e. The van der Waals surface area contributed by atoms with Gasteiger partial charge >= 0.3 is 13.3 Å². The summed E-state index contributed by atoms with van der Waals surface area (Å²) in [5.74, 6) is 0. The van der Waals surface area contributed by atoms with Gasteiger partial charge in [0, 0.05) is 24.3 Å². The van der Waals surface area contributed by atoms with Gasteiger partial charge in [-0.25, -0.2) is 9.97 Å². The van der Waals surface area contributed by atoms with E-state index in [4.69, 9.17) is 9.97 Å². The van der Waals surface area contributed by atoms with Crippen molar-refractivity contribution in [2.24, 2.45) is 0 Å². The van der Waals surface area contributed by atoms with Crippen LogP contribution >= 0.6 is 0 Å². The zero-order valence-electron chi connectivity index (χ0n) is 18.9. The van der Waals surface area contributed by atoms with Crippen LogP contribution in [0.25, 0.3) is 65.7 Å². The monoisotopic (exact) mass is 440 g/mol. The van der Waals surface area contributed by atoms with Crippen LogP contribution in [0.4, 0.5) is 0 Å². The van der Waals surface area contributed by atoms with Crippen molar-refractivity contribution in [1.82, 2.24) is 9.97 Å². The fourth-order valence-electron chi connectivity index (χ4n) is 6.46. The van der Waals surface area contributed by atoms with E-state index in [-0.39, 0.29) is 0 Å². The molecular weight excluding hydrogens is 420 g/mol. The molecule has 2 aliphatic rings. The van der Waals surface area contributed by atoms with Crippen LogP contribution in [0.3, 0.4) is 0 Å². The summed E-state index contributed by atoms with van der Waals surface area (Å²) in [4.78, 5) is 10.9. The lowest BCUT2D eigenvalue weighted by Crippen LogP contribution is -2.45. The molecule has 0 atom stereocenters. The molecule has 0 fully saturated rings. The molecule has 0 radical (unpaired) electrons. The van der Waals surface area contributed by atoms with Crippen LogP contribution in [-0.4, -0.2) is 9.97 Å². The van der Waals surface area contributed by atoms with Crippen molar-refractivity contribution in [3.8, 4) is 0 Å². The van der Waals surface area contributed by atoms with Crippen molar-refractivity contribution in [2.75, 3.05) is 0 Å². The molecule has 2 aliphatic heterocycles. The van der Waals surface area contributed by atoms with E-state index in [9.17, 15) is 0 Å². The summed E-state index contributed by atoms with van der Waals surface area (Å²) in [6, 6.07) is 13.1. The fraction of sp³-hybridized carbons (Fsp3) is 0.143. The van der Waals surface area contributed by atoms with Crippen LogP contribution in [0, 0.1) is 13.8 Å². The number of benzene rings is 2. The van der Waals surface area contributed by atoms with Crippen molar-refractivity contribution in [3.63, 3.8) is 0 Å². The molecule has 0 aliphatic carbocycles. The van der Waals surface area contributed by atoms with Gasteiger partial charge in [-0.2, -0.15) is 0 Å². The topological polar surface area (TPSA) is 41.3 Å². The van der Waals surface area contributed by atoms with Gasteiger partial charge in [0.1, 0.15) is 22.1 Å². The van der Waals surface area contributed by atoms with Crippen LogP contribution in [0.2, 0.25) is 0 Å². The predicted octanol–water partition coefficient (Wildman–Crippen LogP) is 2.80. The van der Waals surface area contributed by atoms with E-state index in [0.717, 1.165) is 35.4 Å². The number of rotatable bonds is 0. The van der Waals surface area contributed by atoms with Crippen LogP contribution in [0.1, 0.15) is 11.1 Å². The molecule has 0 saturated carbocycles. The summed E-state index contributed by atoms with van der Waals surface area (Å²) in [7, 11) is 0. The Kier molecular flexibility index (Phi) is 2.74. The number of pyridine rings is 4. The number of hydrogen-bond acceptors (Lipinski definition) is 2. The Hall–Kier alpha value is -4.32. The molecule has 0 amide bonds. The molecule has 34 heavy (non-hydrogen) atoms. The zero-order valence-corrected chi connectivity index (χ0v) is 18.9. The highest BCUT2D eigenvalue weighted by atomic mass is 15.2. The number of aromatic nitrogens is 6. The first-order valence-corrected chi connectivity index (χ1v) is 11.7. The van der Waals surface area contributed by atoms with Gasteiger partial charge in [0.25, 0.3) is 22.1 Å². The molecule has 0 saturated heterocycles. The number of aryl methyl sites for hydroxylation is 2. The molecule has 2 aromatic carbocycles. The first kappa shape index (κ1) is 17.2. The van der Waals surface area contributed by atoms with Crippen LogP contribution < -0.4 is 18.3 Å². The highest BCUT2D eigenvalue weighted by molar-refractivity contribution is 6.25. The molecule has 0 unspecified atom stereocenters. The normalized spacial score (nSPS) is 13.9. The predicted molar refractivity (Wildman–Crippen MR) is 128 cm³/mol. The summed E-state index contributed by atoms with van der Waals surface area (Å²) in [5, 5.41) is 4.76. The van der Waals surface area contributed by atoms with E-state index < -0.39 is 0 Å². The first-order valence-electron chi connectivity index (χ1n) is 11.7. The second-order valence-corrected chi connectivity index (χ2v) is 9.77. The van der Waals surface area contributed by atoms with Gasteiger partial charge in [0.05, 0.1) is 21.5 Å². The van der Waals surface area contributed by atoms with Crippen molar-refractivity contribution < 1.29 is 18.3 Å². The van der Waals surface area contributed by atoms with Crippen molar-refractivity contribution in [2.45, 2.75) is 27.2 Å². The standard InChI is InChI=1S/C28H20N6/c1-15-7-11-33-14-34-12-8-16(2)20-24-23(19(15)27(33)28(20)34)29-21-17-5-3-9-31-13-32-10-4-6-18(22(21)30-24)26(32)25(17)31/h3-12H,13-14H2,1-2H3/q+4. The highest BCUT2D eigenvalue weighted by Gasteiger charge is 2.37. The molecule has 0 bridgehead atoms. The number of fused-ring (bicyclic) bond motifs is 6. The van der Waals surface area contributed by atoms with E-state index in [1.807, 2.05) is 0 Å². The molecule has 6 heteroatoms. The quantitative estimate of drug-likeness (QED) is 0.207. The molecule has 158 valence electrons. The second-order valence-electron chi connectivity index (χ2n) is 9.77. The maximum atomic E-state index is 5.46. The highest BCUT2D eigenvalue weighted by Crippen LogP contribution is 2.38. The Morgan fingerprint density at radius 1 is 0.529 bits per heavy atom. The third-order valence-electron chi connectivity index (χ3n) is 7.93. The molecule has 0 N–H and O–H groups in total. The SMILES string of the molecule is Cc1cc[n+]2c3c1c1nc4c5ccc[n+]6c5c5c(ccc[n+]5C6)c4nc1c1c(C)cc[n+](c13)C2. The van der Waals surface area contributed by atoms with Gasteiger partial charge in [-0.05, 0) is 37.1 Å². The lowest BCUT2D eigenvalue weighted by molar-refractivity contribution is -0.872. The van der Waals surface area contributed by atoms with Crippen LogP contribution in [-0.2, 0) is 13.3 Å². The van der Waals surface area contributed by atoms with Gasteiger partial charge < -0.3 is 0 Å². The number of nitrogens with zero attached hydrogens (tertiary/aromatic N) is 6. The average molecular weight is 441 g/mol. The molecule has 5 aromatic heterocycles. The molecule has 9 rings (SSSR count). The third kappa shape index (κ3) is 1.76. The van der Waals surface area contributed by atoms with Gasteiger partial charge in [-0.1, -0.05) is 0 Å². The Bertz CT molecular complexity index is 1990. The van der Waals surface area contributed by atoms with Gasteiger partial charge in [0.2, 0.25) is 0 Å². The third-order valence-corrected chi connectivity index (χ3v) is 7.93. The summed E-state index contributed by atoms with van der Waals surface area (Å²) < 4.78 is 9.34. The largest absolute Gasteiger partial charge is 0.345 e. The fourth-order valence-corrected chi connectivity index (χ4v) is 6.46. The molecule has 6 nitrogen and oxygen atoms in total. The van der Waals surface area contributed by atoms with Crippen molar-refractivity contribution in [3.05, 3.63) is 72.3 Å². The summed E-state index contributed by atoms with van der Waals surface area (Å²) in [6.07, 6.45) is 8.73. The smallest absolute Gasteiger partial charge is 0.243 e. The van der Waals surface area contributed by atoms with Gasteiger partial charge in [0.15, 0.2) is 24.8 Å². The molecule has 0 spiro atoms. The van der Waals surface area contributed by atoms with E-state index in [1.54, 1.807) is 0 Å².